The first kappa shape index (κ1) is 15.2. The molecule has 0 fully saturated rings. The highest BCUT2D eigenvalue weighted by molar-refractivity contribution is 5.49. The molecule has 0 saturated carbocycles. The average molecular weight is 285 g/mol. The number of anilines is 2. The molecule has 0 aliphatic rings. The summed E-state index contributed by atoms with van der Waals surface area (Å²) in [4.78, 5) is 15.8. The lowest BCUT2D eigenvalue weighted by Crippen LogP contribution is -2.24. The van der Waals surface area contributed by atoms with Crippen LogP contribution >= 0.6 is 0 Å². The van der Waals surface area contributed by atoms with E-state index in [4.69, 9.17) is 4.98 Å². The van der Waals surface area contributed by atoms with Gasteiger partial charge in [-0.2, -0.15) is 0 Å². The molecule has 1 N–H and O–H groups in total. The highest BCUT2D eigenvalue weighted by atomic mass is 15.2. The molecule has 5 heteroatoms. The Bertz CT molecular complexity index is 568. The molecule has 0 atom stereocenters. The second-order valence-electron chi connectivity index (χ2n) is 5.21. The Morgan fingerprint density at radius 1 is 1.24 bits per heavy atom. The first-order valence-electron chi connectivity index (χ1n) is 7.35. The van der Waals surface area contributed by atoms with E-state index in [1.54, 1.807) is 0 Å². The van der Waals surface area contributed by atoms with Gasteiger partial charge in [-0.15, -0.1) is 0 Å². The minimum absolute atomic E-state index is 0.297. The minimum Gasteiger partial charge on any atom is -0.373 e. The number of hydrogen-bond acceptors (Lipinski definition) is 5. The summed E-state index contributed by atoms with van der Waals surface area (Å²) in [5.41, 5.74) is 1.04. The van der Waals surface area contributed by atoms with Crippen molar-refractivity contribution in [2.24, 2.45) is 0 Å². The number of nitrogens with zero attached hydrogens (tertiary/aromatic N) is 4. The summed E-state index contributed by atoms with van der Waals surface area (Å²) >= 11 is 0. The van der Waals surface area contributed by atoms with E-state index in [1.165, 1.54) is 0 Å². The molecule has 2 heterocycles. The molecule has 0 amide bonds. The molecule has 0 spiro atoms. The average Bonchev–Trinajstić information content (AvgIpc) is 2.53. The summed E-state index contributed by atoms with van der Waals surface area (Å²) in [6.07, 6.45) is 1.82. The molecule has 0 unspecified atom stereocenters. The summed E-state index contributed by atoms with van der Waals surface area (Å²) < 4.78 is 0. The van der Waals surface area contributed by atoms with Crippen molar-refractivity contribution in [3.05, 3.63) is 42.0 Å². The van der Waals surface area contributed by atoms with Crippen LogP contribution in [0.4, 0.5) is 11.6 Å². The lowest BCUT2D eigenvalue weighted by atomic mass is 10.2. The lowest BCUT2D eigenvalue weighted by molar-refractivity contribution is 0.744. The van der Waals surface area contributed by atoms with Gasteiger partial charge in [0.2, 0.25) is 0 Å². The molecule has 5 nitrogen and oxygen atoms in total. The highest BCUT2D eigenvalue weighted by Crippen LogP contribution is 2.21. The van der Waals surface area contributed by atoms with Gasteiger partial charge >= 0.3 is 0 Å². The van der Waals surface area contributed by atoms with Crippen LogP contribution in [0, 0.1) is 0 Å². The van der Waals surface area contributed by atoms with Crippen molar-refractivity contribution in [3.63, 3.8) is 0 Å². The zero-order valence-electron chi connectivity index (χ0n) is 13.2. The summed E-state index contributed by atoms with van der Waals surface area (Å²) in [5, 5.41) is 3.11. The second kappa shape index (κ2) is 7.02. The maximum atomic E-state index is 4.70. The molecule has 0 aromatic carbocycles. The van der Waals surface area contributed by atoms with Gasteiger partial charge in [-0.3, -0.25) is 4.98 Å². The molecule has 2 rings (SSSR count). The maximum Gasteiger partial charge on any atom is 0.135 e. The van der Waals surface area contributed by atoms with Crippen molar-refractivity contribution in [1.29, 1.82) is 0 Å². The van der Waals surface area contributed by atoms with E-state index in [0.29, 0.717) is 5.92 Å². The van der Waals surface area contributed by atoms with Gasteiger partial charge < -0.3 is 10.2 Å². The Morgan fingerprint density at radius 2 is 2.05 bits per heavy atom. The zero-order chi connectivity index (χ0) is 15.2. The second-order valence-corrected chi connectivity index (χ2v) is 5.21. The summed E-state index contributed by atoms with van der Waals surface area (Å²) in [5.74, 6) is 2.94. The van der Waals surface area contributed by atoms with E-state index in [-0.39, 0.29) is 0 Å². The van der Waals surface area contributed by atoms with E-state index in [9.17, 15) is 0 Å². The van der Waals surface area contributed by atoms with E-state index in [0.717, 1.165) is 36.2 Å². The van der Waals surface area contributed by atoms with E-state index >= 15 is 0 Å². The van der Waals surface area contributed by atoms with Gasteiger partial charge in [-0.1, -0.05) is 19.9 Å². The Labute approximate surface area is 126 Å². The lowest BCUT2D eigenvalue weighted by Gasteiger charge is -2.23. The molecule has 0 aliphatic carbocycles. The number of rotatable bonds is 6. The van der Waals surface area contributed by atoms with Crippen LogP contribution < -0.4 is 10.2 Å². The van der Waals surface area contributed by atoms with E-state index in [1.807, 2.05) is 37.5 Å². The first-order valence-corrected chi connectivity index (χ1v) is 7.35. The molecule has 2 aromatic heterocycles. The van der Waals surface area contributed by atoms with Crippen molar-refractivity contribution in [1.82, 2.24) is 15.0 Å². The quantitative estimate of drug-likeness (QED) is 0.884. The number of aromatic nitrogens is 3. The van der Waals surface area contributed by atoms with Gasteiger partial charge in [-0.25, -0.2) is 9.97 Å². The van der Waals surface area contributed by atoms with Crippen LogP contribution in [0.1, 0.15) is 38.2 Å². The fourth-order valence-corrected chi connectivity index (χ4v) is 2.04. The van der Waals surface area contributed by atoms with Gasteiger partial charge in [0.05, 0.1) is 12.2 Å². The van der Waals surface area contributed by atoms with Crippen molar-refractivity contribution < 1.29 is 0 Å². The Balaban J connectivity index is 2.30. The van der Waals surface area contributed by atoms with E-state index in [2.05, 4.69) is 41.0 Å². The van der Waals surface area contributed by atoms with Crippen LogP contribution in [0.5, 0.6) is 0 Å². The largest absolute Gasteiger partial charge is 0.373 e. The molecule has 21 heavy (non-hydrogen) atoms. The number of hydrogen-bond donors (Lipinski definition) is 1. The molecule has 0 radical (unpaired) electrons. The van der Waals surface area contributed by atoms with Crippen LogP contribution in [0.2, 0.25) is 0 Å². The SMILES string of the molecule is CCN(Cc1ccccn1)c1cc(NC)nc(C(C)C)n1. The number of pyridine rings is 1. The molecular formula is C16H23N5. The van der Waals surface area contributed by atoms with Gasteiger partial charge in [0.15, 0.2) is 0 Å². The summed E-state index contributed by atoms with van der Waals surface area (Å²) in [7, 11) is 1.88. The standard InChI is InChI=1S/C16H23N5/c1-5-21(11-13-8-6-7-9-18-13)15-10-14(17-4)19-16(20-15)12(2)3/h6-10,12H,5,11H2,1-4H3,(H,17,19,20). The third-order valence-corrected chi connectivity index (χ3v) is 3.29. The van der Waals surface area contributed by atoms with Crippen molar-refractivity contribution in [2.75, 3.05) is 23.8 Å². The molecule has 0 saturated heterocycles. The summed E-state index contributed by atoms with van der Waals surface area (Å²) in [6, 6.07) is 7.96. The van der Waals surface area contributed by atoms with Crippen LogP contribution in [0.3, 0.4) is 0 Å². The first-order chi connectivity index (χ1) is 10.1. The van der Waals surface area contributed by atoms with Crippen LogP contribution in [0.15, 0.2) is 30.5 Å². The third kappa shape index (κ3) is 3.90. The Kier molecular flexibility index (Phi) is 5.09. The molecule has 0 bridgehead atoms. The van der Waals surface area contributed by atoms with Gasteiger partial charge in [0.1, 0.15) is 17.5 Å². The fraction of sp³-hybridized carbons (Fsp3) is 0.438. The third-order valence-electron chi connectivity index (χ3n) is 3.29. The van der Waals surface area contributed by atoms with Crippen molar-refractivity contribution in [2.45, 2.75) is 33.2 Å². The van der Waals surface area contributed by atoms with Crippen molar-refractivity contribution in [3.8, 4) is 0 Å². The van der Waals surface area contributed by atoms with Crippen LogP contribution in [-0.4, -0.2) is 28.5 Å². The molecule has 0 aliphatic heterocycles. The topological polar surface area (TPSA) is 53.9 Å². The Morgan fingerprint density at radius 3 is 2.62 bits per heavy atom. The zero-order valence-corrected chi connectivity index (χ0v) is 13.2. The fourth-order valence-electron chi connectivity index (χ4n) is 2.04. The highest BCUT2D eigenvalue weighted by Gasteiger charge is 2.13. The maximum absolute atomic E-state index is 4.70. The molecular weight excluding hydrogens is 262 g/mol. The summed E-state index contributed by atoms with van der Waals surface area (Å²) in [6.45, 7) is 7.95. The minimum atomic E-state index is 0.297. The number of nitrogens with one attached hydrogen (secondary N) is 1. The molecule has 2 aromatic rings. The van der Waals surface area contributed by atoms with Crippen molar-refractivity contribution >= 4 is 11.6 Å². The van der Waals surface area contributed by atoms with Crippen LogP contribution in [0.25, 0.3) is 0 Å². The normalized spacial score (nSPS) is 10.7. The van der Waals surface area contributed by atoms with E-state index < -0.39 is 0 Å². The van der Waals surface area contributed by atoms with Gasteiger partial charge in [0, 0.05) is 31.8 Å². The predicted octanol–water partition coefficient (Wildman–Crippen LogP) is 3.06. The van der Waals surface area contributed by atoms with Gasteiger partial charge in [0.25, 0.3) is 0 Å². The smallest absolute Gasteiger partial charge is 0.135 e. The molecule has 112 valence electrons. The van der Waals surface area contributed by atoms with Crippen LogP contribution in [-0.2, 0) is 6.54 Å². The van der Waals surface area contributed by atoms with Gasteiger partial charge in [-0.05, 0) is 19.1 Å². The monoisotopic (exact) mass is 285 g/mol. The predicted molar refractivity (Wildman–Crippen MR) is 86.6 cm³/mol. The Hall–Kier alpha value is -2.17.